The molecule has 0 aliphatic carbocycles. The summed E-state index contributed by atoms with van der Waals surface area (Å²) in [6.07, 6.45) is 1.89. The molecule has 2 N–H and O–H groups in total. The molecular weight excluding hydrogens is 188 g/mol. The van der Waals surface area contributed by atoms with Crippen molar-refractivity contribution in [1.82, 2.24) is 10.3 Å². The van der Waals surface area contributed by atoms with Crippen molar-refractivity contribution in [2.45, 2.75) is 6.54 Å². The van der Waals surface area contributed by atoms with Crippen LogP contribution in [0.25, 0.3) is 11.3 Å². The topological polar surface area (TPSA) is 44.9 Å². The van der Waals surface area contributed by atoms with Crippen LogP contribution in [0.3, 0.4) is 0 Å². The van der Waals surface area contributed by atoms with Crippen LogP contribution in [0.4, 0.5) is 0 Å². The Bertz CT molecular complexity index is 514. The molecule has 2 aromatic rings. The Hall–Kier alpha value is -2.03. The normalized spacial score (nSPS) is 13.7. The van der Waals surface area contributed by atoms with Gasteiger partial charge in [0.1, 0.15) is 0 Å². The van der Waals surface area contributed by atoms with Gasteiger partial charge in [0, 0.05) is 29.6 Å². The van der Waals surface area contributed by atoms with Gasteiger partial charge in [-0.25, -0.2) is 0 Å². The number of carbonyl (C=O) groups is 1. The number of amides is 1. The van der Waals surface area contributed by atoms with E-state index in [1.807, 2.05) is 36.5 Å². The van der Waals surface area contributed by atoms with E-state index in [-0.39, 0.29) is 5.91 Å². The molecule has 0 unspecified atom stereocenters. The van der Waals surface area contributed by atoms with E-state index in [1.165, 1.54) is 0 Å². The summed E-state index contributed by atoms with van der Waals surface area (Å²) in [5.41, 5.74) is 4.05. The quantitative estimate of drug-likeness (QED) is 0.722. The summed E-state index contributed by atoms with van der Waals surface area (Å²) in [7, 11) is 0. The van der Waals surface area contributed by atoms with E-state index < -0.39 is 0 Å². The maximum Gasteiger partial charge on any atom is 0.251 e. The lowest BCUT2D eigenvalue weighted by atomic mass is 10.0. The monoisotopic (exact) mass is 198 g/mol. The highest BCUT2D eigenvalue weighted by Gasteiger charge is 2.21. The van der Waals surface area contributed by atoms with Crippen molar-refractivity contribution in [3.63, 3.8) is 0 Å². The van der Waals surface area contributed by atoms with Crippen LogP contribution in [0.15, 0.2) is 36.5 Å². The molecule has 1 aliphatic rings. The summed E-state index contributed by atoms with van der Waals surface area (Å²) in [5, 5.41) is 2.83. The highest BCUT2D eigenvalue weighted by molar-refractivity contribution is 6.00. The van der Waals surface area contributed by atoms with Gasteiger partial charge in [0.15, 0.2) is 0 Å². The largest absolute Gasteiger partial charge is 0.361 e. The third-order valence-corrected chi connectivity index (χ3v) is 2.73. The van der Waals surface area contributed by atoms with Gasteiger partial charge < -0.3 is 10.3 Å². The Morgan fingerprint density at radius 1 is 1.07 bits per heavy atom. The molecular formula is C12H10N2O. The smallest absolute Gasteiger partial charge is 0.251 e. The zero-order chi connectivity index (χ0) is 10.3. The minimum Gasteiger partial charge on any atom is -0.361 e. The van der Waals surface area contributed by atoms with Crippen LogP contribution in [0.1, 0.15) is 15.9 Å². The maximum atomic E-state index is 11.5. The van der Waals surface area contributed by atoms with Crippen molar-refractivity contribution < 1.29 is 4.79 Å². The highest BCUT2D eigenvalue weighted by atomic mass is 16.1. The van der Waals surface area contributed by atoms with Gasteiger partial charge in [-0.3, -0.25) is 4.79 Å². The van der Waals surface area contributed by atoms with Gasteiger partial charge in [-0.15, -0.1) is 0 Å². The number of benzene rings is 1. The molecule has 2 heterocycles. The van der Waals surface area contributed by atoms with Gasteiger partial charge in [-0.05, 0) is 23.8 Å². The molecule has 0 spiro atoms. The average molecular weight is 198 g/mol. The van der Waals surface area contributed by atoms with E-state index in [4.69, 9.17) is 0 Å². The Labute approximate surface area is 87.1 Å². The number of nitrogens with one attached hydrogen (secondary N) is 2. The minimum absolute atomic E-state index is 0.0263. The van der Waals surface area contributed by atoms with Gasteiger partial charge in [-0.1, -0.05) is 12.1 Å². The predicted molar refractivity (Wildman–Crippen MR) is 57.4 cm³/mol. The molecule has 1 aliphatic heterocycles. The summed E-state index contributed by atoms with van der Waals surface area (Å²) < 4.78 is 0. The molecule has 0 atom stereocenters. The van der Waals surface area contributed by atoms with Crippen LogP contribution in [0.5, 0.6) is 0 Å². The SMILES string of the molecule is O=C1NCc2c1cccc2-c1ccc[nH]1. The Balaban J connectivity index is 2.23. The fourth-order valence-electron chi connectivity index (χ4n) is 2.00. The zero-order valence-corrected chi connectivity index (χ0v) is 8.08. The molecule has 0 fully saturated rings. The molecule has 0 radical (unpaired) electrons. The molecule has 3 rings (SSSR count). The number of aromatic amines is 1. The van der Waals surface area contributed by atoms with Gasteiger partial charge in [0.05, 0.1) is 0 Å². The van der Waals surface area contributed by atoms with E-state index in [0.717, 1.165) is 22.4 Å². The second-order valence-corrected chi connectivity index (χ2v) is 3.60. The van der Waals surface area contributed by atoms with E-state index in [2.05, 4.69) is 10.3 Å². The first-order chi connectivity index (χ1) is 7.36. The van der Waals surface area contributed by atoms with Gasteiger partial charge in [-0.2, -0.15) is 0 Å². The summed E-state index contributed by atoms with van der Waals surface area (Å²) in [4.78, 5) is 14.6. The first kappa shape index (κ1) is 8.29. The maximum absolute atomic E-state index is 11.5. The predicted octanol–water partition coefficient (Wildman–Crippen LogP) is 1.93. The Morgan fingerprint density at radius 2 is 1.93 bits per heavy atom. The molecule has 0 saturated carbocycles. The van der Waals surface area contributed by atoms with E-state index in [9.17, 15) is 4.79 Å². The molecule has 74 valence electrons. The molecule has 0 bridgehead atoms. The summed E-state index contributed by atoms with van der Waals surface area (Å²) in [6.45, 7) is 0.628. The van der Waals surface area contributed by atoms with Gasteiger partial charge in [0.2, 0.25) is 0 Å². The molecule has 15 heavy (non-hydrogen) atoms. The highest BCUT2D eigenvalue weighted by Crippen LogP contribution is 2.27. The van der Waals surface area contributed by atoms with Crippen LogP contribution >= 0.6 is 0 Å². The molecule has 1 amide bonds. The fraction of sp³-hybridized carbons (Fsp3) is 0.0833. The van der Waals surface area contributed by atoms with Crippen LogP contribution in [0, 0.1) is 0 Å². The number of carbonyl (C=O) groups excluding carboxylic acids is 1. The van der Waals surface area contributed by atoms with Gasteiger partial charge in [0.25, 0.3) is 5.91 Å². The first-order valence-electron chi connectivity index (χ1n) is 4.90. The van der Waals surface area contributed by atoms with E-state index >= 15 is 0 Å². The van der Waals surface area contributed by atoms with Crippen LogP contribution < -0.4 is 5.32 Å². The summed E-state index contributed by atoms with van der Waals surface area (Å²) >= 11 is 0. The number of rotatable bonds is 1. The lowest BCUT2D eigenvalue weighted by Crippen LogP contribution is -2.12. The molecule has 1 aromatic carbocycles. The molecule has 0 saturated heterocycles. The van der Waals surface area contributed by atoms with Crippen LogP contribution in [-0.4, -0.2) is 10.9 Å². The van der Waals surface area contributed by atoms with E-state index in [0.29, 0.717) is 6.54 Å². The molecule has 1 aromatic heterocycles. The second kappa shape index (κ2) is 2.98. The third kappa shape index (κ3) is 1.16. The zero-order valence-electron chi connectivity index (χ0n) is 8.08. The first-order valence-corrected chi connectivity index (χ1v) is 4.90. The van der Waals surface area contributed by atoms with Crippen molar-refractivity contribution in [3.8, 4) is 11.3 Å². The average Bonchev–Trinajstić information content (AvgIpc) is 2.88. The van der Waals surface area contributed by atoms with Crippen LogP contribution in [-0.2, 0) is 6.54 Å². The third-order valence-electron chi connectivity index (χ3n) is 2.73. The standard InChI is InChI=1S/C12H10N2O/c15-12-9-4-1-3-8(10(9)7-14-12)11-5-2-6-13-11/h1-6,13H,7H2,(H,14,15). The van der Waals surface area contributed by atoms with Crippen molar-refractivity contribution in [2.75, 3.05) is 0 Å². The van der Waals surface area contributed by atoms with Crippen molar-refractivity contribution in [2.24, 2.45) is 0 Å². The summed E-state index contributed by atoms with van der Waals surface area (Å²) in [6, 6.07) is 9.78. The van der Waals surface area contributed by atoms with Crippen molar-refractivity contribution >= 4 is 5.91 Å². The lowest BCUT2D eigenvalue weighted by molar-refractivity contribution is 0.0966. The lowest BCUT2D eigenvalue weighted by Gasteiger charge is -2.03. The second-order valence-electron chi connectivity index (χ2n) is 3.60. The Kier molecular flexibility index (Phi) is 1.65. The van der Waals surface area contributed by atoms with Crippen LogP contribution in [0.2, 0.25) is 0 Å². The molecule has 3 heteroatoms. The number of H-pyrrole nitrogens is 1. The van der Waals surface area contributed by atoms with Crippen molar-refractivity contribution in [3.05, 3.63) is 47.7 Å². The number of aromatic nitrogens is 1. The minimum atomic E-state index is 0.0263. The van der Waals surface area contributed by atoms with Gasteiger partial charge >= 0.3 is 0 Å². The number of hydrogen-bond acceptors (Lipinski definition) is 1. The number of fused-ring (bicyclic) bond motifs is 1. The van der Waals surface area contributed by atoms with E-state index in [1.54, 1.807) is 0 Å². The number of hydrogen-bond donors (Lipinski definition) is 2. The van der Waals surface area contributed by atoms with Crippen molar-refractivity contribution in [1.29, 1.82) is 0 Å². The Morgan fingerprint density at radius 3 is 2.73 bits per heavy atom. The molecule has 3 nitrogen and oxygen atoms in total. The summed E-state index contributed by atoms with van der Waals surface area (Å²) in [5.74, 6) is 0.0263. The fourth-order valence-corrected chi connectivity index (χ4v) is 2.00.